The Morgan fingerprint density at radius 3 is 2.50 bits per heavy atom. The number of hydrogen-bond donors (Lipinski definition) is 1. The second kappa shape index (κ2) is 9.65. The highest BCUT2D eigenvalue weighted by molar-refractivity contribution is 5.46. The molecule has 0 spiro atoms. The molecule has 0 bridgehead atoms. The van der Waals surface area contributed by atoms with Crippen molar-refractivity contribution in [2.75, 3.05) is 20.3 Å². The molecule has 0 amide bonds. The molecule has 0 fully saturated rings. The quantitative estimate of drug-likeness (QED) is 0.656. The molecule has 20 heavy (non-hydrogen) atoms. The highest BCUT2D eigenvalue weighted by atomic mass is 16.5. The Morgan fingerprint density at radius 2 is 1.90 bits per heavy atom. The van der Waals surface area contributed by atoms with Crippen molar-refractivity contribution in [1.82, 2.24) is 5.32 Å². The van der Waals surface area contributed by atoms with Gasteiger partial charge in [0.05, 0.1) is 13.7 Å². The Bertz CT molecular complexity index is 375. The lowest BCUT2D eigenvalue weighted by atomic mass is 10.1. The molecule has 114 valence electrons. The van der Waals surface area contributed by atoms with Crippen molar-refractivity contribution < 1.29 is 9.47 Å². The fourth-order valence-electron chi connectivity index (χ4n) is 2.15. The predicted molar refractivity (Wildman–Crippen MR) is 84.6 cm³/mol. The number of methoxy groups -OCH3 is 1. The number of benzene rings is 1. The van der Waals surface area contributed by atoms with E-state index in [-0.39, 0.29) is 0 Å². The first kappa shape index (κ1) is 16.8. The number of rotatable bonds is 10. The van der Waals surface area contributed by atoms with Crippen LogP contribution >= 0.6 is 0 Å². The van der Waals surface area contributed by atoms with Crippen molar-refractivity contribution in [3.63, 3.8) is 0 Å². The second-order valence-electron chi connectivity index (χ2n) is 5.12. The number of nitrogens with one attached hydrogen (secondary N) is 1. The van der Waals surface area contributed by atoms with E-state index in [1.54, 1.807) is 7.11 Å². The van der Waals surface area contributed by atoms with Gasteiger partial charge in [-0.3, -0.25) is 0 Å². The van der Waals surface area contributed by atoms with Crippen LogP contribution in [-0.2, 0) is 6.54 Å². The van der Waals surface area contributed by atoms with Crippen LogP contribution in [-0.4, -0.2) is 20.3 Å². The lowest BCUT2D eigenvalue weighted by molar-refractivity contribution is 0.228. The fraction of sp³-hybridized carbons (Fsp3) is 0.647. The van der Waals surface area contributed by atoms with Crippen LogP contribution < -0.4 is 14.8 Å². The van der Waals surface area contributed by atoms with E-state index in [1.165, 1.54) is 5.56 Å². The Morgan fingerprint density at radius 1 is 1.15 bits per heavy atom. The summed E-state index contributed by atoms with van der Waals surface area (Å²) in [5.74, 6) is 2.33. The summed E-state index contributed by atoms with van der Waals surface area (Å²) < 4.78 is 11.5. The van der Waals surface area contributed by atoms with E-state index < -0.39 is 0 Å². The van der Waals surface area contributed by atoms with Crippen molar-refractivity contribution in [1.29, 1.82) is 0 Å². The average molecular weight is 279 g/mol. The van der Waals surface area contributed by atoms with Crippen LogP contribution in [0, 0.1) is 5.92 Å². The summed E-state index contributed by atoms with van der Waals surface area (Å²) in [5.41, 5.74) is 1.17. The molecule has 0 atom stereocenters. The fourth-order valence-corrected chi connectivity index (χ4v) is 2.15. The third kappa shape index (κ3) is 5.04. The van der Waals surface area contributed by atoms with Gasteiger partial charge in [0.25, 0.3) is 0 Å². The Hall–Kier alpha value is -1.22. The van der Waals surface area contributed by atoms with Crippen LogP contribution in [0.15, 0.2) is 18.2 Å². The molecular weight excluding hydrogens is 250 g/mol. The zero-order valence-electron chi connectivity index (χ0n) is 13.4. The molecule has 0 aliphatic rings. The van der Waals surface area contributed by atoms with Gasteiger partial charge in [-0.15, -0.1) is 0 Å². The summed E-state index contributed by atoms with van der Waals surface area (Å²) in [6.45, 7) is 9.19. The molecule has 0 aliphatic carbocycles. The third-order valence-corrected chi connectivity index (χ3v) is 3.64. The van der Waals surface area contributed by atoms with Gasteiger partial charge in [0.2, 0.25) is 0 Å². The van der Waals surface area contributed by atoms with Gasteiger partial charge in [-0.05, 0) is 24.9 Å². The van der Waals surface area contributed by atoms with Crippen molar-refractivity contribution >= 4 is 0 Å². The molecule has 0 saturated carbocycles. The zero-order valence-corrected chi connectivity index (χ0v) is 13.4. The summed E-state index contributed by atoms with van der Waals surface area (Å²) in [5, 5.41) is 3.42. The normalized spacial score (nSPS) is 10.8. The molecule has 1 N–H and O–H groups in total. The minimum atomic E-state index is 0.608. The number of hydrogen-bond acceptors (Lipinski definition) is 3. The predicted octanol–water partition coefficient (Wildman–Crippen LogP) is 4.01. The van der Waals surface area contributed by atoms with Gasteiger partial charge in [-0.25, -0.2) is 0 Å². The lowest BCUT2D eigenvalue weighted by Gasteiger charge is -2.18. The van der Waals surface area contributed by atoms with Crippen LogP contribution in [0.4, 0.5) is 0 Å². The minimum absolute atomic E-state index is 0.608. The summed E-state index contributed by atoms with van der Waals surface area (Å²) >= 11 is 0. The number of ether oxygens (including phenoxy) is 2. The molecular formula is C17H29NO2. The second-order valence-corrected chi connectivity index (χ2v) is 5.12. The smallest absolute Gasteiger partial charge is 0.165 e. The maximum Gasteiger partial charge on any atom is 0.165 e. The summed E-state index contributed by atoms with van der Waals surface area (Å²) in [6, 6.07) is 6.09. The van der Waals surface area contributed by atoms with E-state index in [0.29, 0.717) is 5.92 Å². The van der Waals surface area contributed by atoms with Crippen molar-refractivity contribution in [2.24, 2.45) is 5.92 Å². The Balaban J connectivity index is 2.77. The van der Waals surface area contributed by atoms with Gasteiger partial charge in [-0.1, -0.05) is 45.7 Å². The van der Waals surface area contributed by atoms with E-state index in [2.05, 4.69) is 32.2 Å². The van der Waals surface area contributed by atoms with E-state index >= 15 is 0 Å². The van der Waals surface area contributed by atoms with E-state index in [9.17, 15) is 0 Å². The molecule has 0 heterocycles. The molecule has 1 rings (SSSR count). The first-order chi connectivity index (χ1) is 9.76. The van der Waals surface area contributed by atoms with Gasteiger partial charge in [0, 0.05) is 12.1 Å². The monoisotopic (exact) mass is 279 g/mol. The van der Waals surface area contributed by atoms with Crippen molar-refractivity contribution in [3.8, 4) is 11.5 Å². The van der Waals surface area contributed by atoms with Gasteiger partial charge in [0.1, 0.15) is 0 Å². The largest absolute Gasteiger partial charge is 0.493 e. The van der Waals surface area contributed by atoms with E-state index in [1.807, 2.05) is 12.1 Å². The minimum Gasteiger partial charge on any atom is -0.493 e. The first-order valence-corrected chi connectivity index (χ1v) is 7.76. The van der Waals surface area contributed by atoms with Crippen LogP contribution in [0.2, 0.25) is 0 Å². The Kier molecular flexibility index (Phi) is 8.12. The summed E-state index contributed by atoms with van der Waals surface area (Å²) in [7, 11) is 1.70. The van der Waals surface area contributed by atoms with E-state index in [4.69, 9.17) is 9.47 Å². The molecule has 0 aliphatic heterocycles. The standard InChI is InChI=1S/C17H29NO2/c1-5-11-18-12-15-9-8-10-16(19-4)17(15)20-13-14(6-2)7-3/h8-10,14,18H,5-7,11-13H2,1-4H3. The van der Waals surface area contributed by atoms with Crippen LogP contribution in [0.3, 0.4) is 0 Å². The van der Waals surface area contributed by atoms with Crippen LogP contribution in [0.5, 0.6) is 11.5 Å². The first-order valence-electron chi connectivity index (χ1n) is 7.76. The molecule has 3 nitrogen and oxygen atoms in total. The van der Waals surface area contributed by atoms with Crippen LogP contribution in [0.25, 0.3) is 0 Å². The molecule has 1 aromatic rings. The van der Waals surface area contributed by atoms with Crippen molar-refractivity contribution in [2.45, 2.75) is 46.6 Å². The zero-order chi connectivity index (χ0) is 14.8. The maximum absolute atomic E-state index is 6.07. The van der Waals surface area contributed by atoms with Gasteiger partial charge in [0.15, 0.2) is 11.5 Å². The van der Waals surface area contributed by atoms with Gasteiger partial charge < -0.3 is 14.8 Å². The lowest BCUT2D eigenvalue weighted by Crippen LogP contribution is -2.16. The molecule has 1 aromatic carbocycles. The number of para-hydroxylation sites is 1. The highest BCUT2D eigenvalue weighted by Gasteiger charge is 2.12. The maximum atomic E-state index is 6.07. The summed E-state index contributed by atoms with van der Waals surface area (Å²) in [4.78, 5) is 0. The molecule has 0 unspecified atom stereocenters. The van der Waals surface area contributed by atoms with Crippen LogP contribution in [0.1, 0.15) is 45.6 Å². The summed E-state index contributed by atoms with van der Waals surface area (Å²) in [6.07, 6.45) is 3.43. The molecule has 3 heteroatoms. The van der Waals surface area contributed by atoms with Gasteiger partial charge >= 0.3 is 0 Å². The molecule has 0 saturated heterocycles. The average Bonchev–Trinajstić information content (AvgIpc) is 2.49. The molecule has 0 aromatic heterocycles. The topological polar surface area (TPSA) is 30.5 Å². The third-order valence-electron chi connectivity index (χ3n) is 3.64. The molecule has 0 radical (unpaired) electrons. The Labute approximate surface area is 123 Å². The van der Waals surface area contributed by atoms with E-state index in [0.717, 1.165) is 50.5 Å². The SMILES string of the molecule is CCCNCc1cccc(OC)c1OCC(CC)CC. The van der Waals surface area contributed by atoms with Crippen molar-refractivity contribution in [3.05, 3.63) is 23.8 Å². The highest BCUT2D eigenvalue weighted by Crippen LogP contribution is 2.31. The van der Waals surface area contributed by atoms with Gasteiger partial charge in [-0.2, -0.15) is 0 Å².